The molecule has 1 N–H and O–H groups in total. The van der Waals surface area contributed by atoms with E-state index in [1.54, 1.807) is 0 Å². The molecule has 0 amide bonds. The van der Waals surface area contributed by atoms with Gasteiger partial charge in [0, 0.05) is 0 Å². The van der Waals surface area contributed by atoms with Gasteiger partial charge in [-0.15, -0.1) is 0 Å². The Hall–Kier alpha value is -1.80. The summed E-state index contributed by atoms with van der Waals surface area (Å²) >= 11 is 0. The third kappa shape index (κ3) is 7.37. The predicted octanol–water partition coefficient (Wildman–Crippen LogP) is 8.31. The molecular formula is C30H44O2. The molecule has 2 nitrogen and oxygen atoms in total. The summed E-state index contributed by atoms with van der Waals surface area (Å²) in [6.07, 6.45) is 12.7. The molecule has 2 heteroatoms. The Kier molecular flexibility index (Phi) is 9.66. The lowest BCUT2D eigenvalue weighted by atomic mass is 9.78. The minimum atomic E-state index is -0.197. The maximum atomic E-state index is 10.5. The van der Waals surface area contributed by atoms with Crippen molar-refractivity contribution in [2.75, 3.05) is 0 Å². The van der Waals surface area contributed by atoms with Crippen molar-refractivity contribution in [2.24, 2.45) is 0 Å². The van der Waals surface area contributed by atoms with Crippen LogP contribution >= 0.6 is 0 Å². The van der Waals surface area contributed by atoms with Crippen molar-refractivity contribution in [3.63, 3.8) is 0 Å². The highest BCUT2D eigenvalue weighted by Gasteiger charge is 2.25. The van der Waals surface area contributed by atoms with Gasteiger partial charge >= 0.3 is 0 Å². The first-order valence-electron chi connectivity index (χ1n) is 13.0. The molecule has 2 aromatic rings. The Morgan fingerprint density at radius 1 is 0.938 bits per heavy atom. The molecule has 0 aromatic heterocycles. The van der Waals surface area contributed by atoms with E-state index in [1.807, 2.05) is 6.07 Å². The van der Waals surface area contributed by atoms with Gasteiger partial charge in [0.2, 0.25) is 0 Å². The summed E-state index contributed by atoms with van der Waals surface area (Å²) in [7, 11) is 0. The van der Waals surface area contributed by atoms with Crippen LogP contribution in [0.2, 0.25) is 0 Å². The highest BCUT2D eigenvalue weighted by atomic mass is 16.5. The fourth-order valence-corrected chi connectivity index (χ4v) is 5.09. The lowest BCUT2D eigenvalue weighted by molar-refractivity contribution is 0.132. The summed E-state index contributed by atoms with van der Waals surface area (Å²) in [5, 5.41) is 10.5. The van der Waals surface area contributed by atoms with Gasteiger partial charge < -0.3 is 9.84 Å². The quantitative estimate of drug-likeness (QED) is 0.379. The van der Waals surface area contributed by atoms with Gasteiger partial charge in [0.25, 0.3) is 0 Å². The molecule has 3 rings (SSSR count). The molecule has 0 heterocycles. The Balaban J connectivity index is 1.84. The second-order valence-electron chi connectivity index (χ2n) is 10.4. The molecule has 1 saturated carbocycles. The molecule has 0 saturated heterocycles. The Morgan fingerprint density at radius 2 is 1.72 bits per heavy atom. The maximum absolute atomic E-state index is 10.5. The highest BCUT2D eigenvalue weighted by molar-refractivity contribution is 5.42. The van der Waals surface area contributed by atoms with Gasteiger partial charge in [-0.1, -0.05) is 108 Å². The molecule has 32 heavy (non-hydrogen) atoms. The highest BCUT2D eigenvalue weighted by Crippen LogP contribution is 2.40. The van der Waals surface area contributed by atoms with Crippen LogP contribution in [0.25, 0.3) is 0 Å². The van der Waals surface area contributed by atoms with Crippen LogP contribution < -0.4 is 4.74 Å². The van der Waals surface area contributed by atoms with Gasteiger partial charge in [0.05, 0.1) is 6.10 Å². The summed E-state index contributed by atoms with van der Waals surface area (Å²) in [6.45, 7) is 7.60. The second-order valence-corrected chi connectivity index (χ2v) is 10.4. The van der Waals surface area contributed by atoms with E-state index in [0.29, 0.717) is 12.5 Å². The largest absolute Gasteiger partial charge is 0.489 e. The first kappa shape index (κ1) is 24.8. The number of unbranched alkanes of at least 4 members (excludes halogenated alkanes) is 3. The molecule has 0 bridgehead atoms. The van der Waals surface area contributed by atoms with E-state index in [-0.39, 0.29) is 11.5 Å². The monoisotopic (exact) mass is 436 g/mol. The van der Waals surface area contributed by atoms with E-state index in [1.165, 1.54) is 61.6 Å². The van der Waals surface area contributed by atoms with Gasteiger partial charge in [-0.2, -0.15) is 0 Å². The van der Waals surface area contributed by atoms with Crippen LogP contribution in [-0.4, -0.2) is 11.2 Å². The molecule has 176 valence electrons. The van der Waals surface area contributed by atoms with Crippen molar-refractivity contribution in [1.29, 1.82) is 0 Å². The first-order chi connectivity index (χ1) is 15.5. The number of ether oxygens (including phenoxy) is 1. The van der Waals surface area contributed by atoms with Crippen LogP contribution in [0.1, 0.15) is 114 Å². The van der Waals surface area contributed by atoms with Gasteiger partial charge in [-0.3, -0.25) is 0 Å². The zero-order chi connectivity index (χ0) is 22.8. The van der Waals surface area contributed by atoms with E-state index in [4.69, 9.17) is 4.74 Å². The van der Waals surface area contributed by atoms with Crippen LogP contribution in [0.4, 0.5) is 0 Å². The van der Waals surface area contributed by atoms with Crippen molar-refractivity contribution in [3.05, 3.63) is 65.2 Å². The van der Waals surface area contributed by atoms with E-state index >= 15 is 0 Å². The Morgan fingerprint density at radius 3 is 2.50 bits per heavy atom. The topological polar surface area (TPSA) is 29.5 Å². The third-order valence-corrected chi connectivity index (χ3v) is 7.27. The van der Waals surface area contributed by atoms with Crippen LogP contribution in [0.3, 0.4) is 0 Å². The van der Waals surface area contributed by atoms with E-state index in [9.17, 15) is 5.11 Å². The van der Waals surface area contributed by atoms with Gasteiger partial charge in [0.15, 0.2) is 0 Å². The number of benzene rings is 2. The predicted molar refractivity (Wildman–Crippen MR) is 135 cm³/mol. The second kappa shape index (κ2) is 12.4. The van der Waals surface area contributed by atoms with E-state index in [0.717, 1.165) is 31.4 Å². The molecule has 1 aliphatic carbocycles. The molecule has 0 spiro atoms. The van der Waals surface area contributed by atoms with Crippen molar-refractivity contribution >= 4 is 0 Å². The average Bonchev–Trinajstić information content (AvgIpc) is 2.78. The molecule has 1 aliphatic rings. The molecule has 0 aliphatic heterocycles. The fraction of sp³-hybridized carbons (Fsp3) is 0.600. The average molecular weight is 437 g/mol. The Bertz CT molecular complexity index is 796. The number of aliphatic hydroxyl groups is 1. The van der Waals surface area contributed by atoms with Crippen LogP contribution in [0, 0.1) is 0 Å². The van der Waals surface area contributed by atoms with Crippen molar-refractivity contribution in [1.82, 2.24) is 0 Å². The lowest BCUT2D eigenvalue weighted by Crippen LogP contribution is -2.19. The number of hydrogen-bond donors (Lipinski definition) is 1. The summed E-state index contributed by atoms with van der Waals surface area (Å²) in [5.74, 6) is 1.39. The maximum Gasteiger partial charge on any atom is 0.123 e. The zero-order valence-corrected chi connectivity index (χ0v) is 20.6. The fourth-order valence-electron chi connectivity index (χ4n) is 5.09. The molecule has 0 radical (unpaired) electrons. The SMILES string of the molecule is CCCCCCC(C)(C)c1ccc(C2CCCCCC(O)C2)c(OCc2ccccc2)c1. The van der Waals surface area contributed by atoms with Crippen molar-refractivity contribution in [2.45, 2.75) is 115 Å². The van der Waals surface area contributed by atoms with Gasteiger partial charge in [-0.25, -0.2) is 0 Å². The lowest BCUT2D eigenvalue weighted by Gasteiger charge is -2.29. The zero-order valence-electron chi connectivity index (χ0n) is 20.6. The molecular weight excluding hydrogens is 392 g/mol. The van der Waals surface area contributed by atoms with Gasteiger partial charge in [0.1, 0.15) is 12.4 Å². The number of rotatable bonds is 10. The summed E-state index contributed by atoms with van der Waals surface area (Å²) < 4.78 is 6.48. The van der Waals surface area contributed by atoms with Crippen LogP contribution in [0.15, 0.2) is 48.5 Å². The molecule has 2 aromatic carbocycles. The molecule has 1 fully saturated rings. The third-order valence-electron chi connectivity index (χ3n) is 7.27. The first-order valence-corrected chi connectivity index (χ1v) is 13.0. The summed E-state index contributed by atoms with van der Waals surface area (Å²) in [5.41, 5.74) is 3.98. The normalized spacial score (nSPS) is 19.9. The summed E-state index contributed by atoms with van der Waals surface area (Å²) in [6, 6.07) is 17.4. The molecule has 2 atom stereocenters. The number of hydrogen-bond acceptors (Lipinski definition) is 2. The van der Waals surface area contributed by atoms with Crippen molar-refractivity contribution in [3.8, 4) is 5.75 Å². The van der Waals surface area contributed by atoms with Crippen LogP contribution in [0.5, 0.6) is 5.75 Å². The summed E-state index contributed by atoms with van der Waals surface area (Å²) in [4.78, 5) is 0. The van der Waals surface area contributed by atoms with E-state index < -0.39 is 0 Å². The van der Waals surface area contributed by atoms with E-state index in [2.05, 4.69) is 63.2 Å². The smallest absolute Gasteiger partial charge is 0.123 e. The minimum absolute atomic E-state index is 0.136. The Labute approximate surface area is 196 Å². The van der Waals surface area contributed by atoms with Gasteiger partial charge in [-0.05, 0) is 59.8 Å². The standard InChI is InChI=1S/C30H44O2/c1-4-5-6-13-20-30(2,3)26-18-19-28(25-16-11-8-12-17-27(31)21-25)29(22-26)32-23-24-14-9-7-10-15-24/h7,9-10,14-15,18-19,22,25,27,31H,4-6,8,11-13,16-17,20-21,23H2,1-3H3. The number of aliphatic hydroxyl groups excluding tert-OH is 1. The van der Waals surface area contributed by atoms with Crippen molar-refractivity contribution < 1.29 is 9.84 Å². The van der Waals surface area contributed by atoms with Crippen LogP contribution in [-0.2, 0) is 12.0 Å². The molecule has 2 unspecified atom stereocenters. The minimum Gasteiger partial charge on any atom is -0.489 e.